The molecule has 0 aliphatic rings. The molecule has 1 heterocycles. The van der Waals surface area contributed by atoms with Crippen LogP contribution in [0.4, 0.5) is 0 Å². The van der Waals surface area contributed by atoms with Gasteiger partial charge in [-0.15, -0.1) is 5.10 Å². The Bertz CT molecular complexity index is 792. The summed E-state index contributed by atoms with van der Waals surface area (Å²) in [5.41, 5.74) is 4.01. The number of amides is 1. The van der Waals surface area contributed by atoms with Gasteiger partial charge in [0.05, 0.1) is 5.52 Å². The van der Waals surface area contributed by atoms with E-state index in [0.717, 1.165) is 16.6 Å². The number of aromatic nitrogens is 3. The van der Waals surface area contributed by atoms with E-state index < -0.39 is 0 Å². The number of nitrogens with zero attached hydrogens (tertiary/aromatic N) is 4. The Morgan fingerprint density at radius 2 is 1.86 bits per heavy atom. The fourth-order valence-electron chi connectivity index (χ4n) is 2.34. The highest BCUT2D eigenvalue weighted by atomic mass is 16.2. The second kappa shape index (κ2) is 5.97. The van der Waals surface area contributed by atoms with E-state index in [9.17, 15) is 4.79 Å². The Labute approximate surface area is 129 Å². The maximum Gasteiger partial charge on any atom is 0.244 e. The number of rotatable bonds is 4. The second-order valence-corrected chi connectivity index (χ2v) is 5.47. The van der Waals surface area contributed by atoms with E-state index in [4.69, 9.17) is 0 Å². The predicted octanol–water partition coefficient (Wildman–Crippen LogP) is 2.40. The van der Waals surface area contributed by atoms with Gasteiger partial charge in [0.1, 0.15) is 12.1 Å². The lowest BCUT2D eigenvalue weighted by Crippen LogP contribution is -2.30. The first-order chi connectivity index (χ1) is 10.6. The lowest BCUT2D eigenvalue weighted by molar-refractivity contribution is -0.131. The van der Waals surface area contributed by atoms with E-state index in [1.807, 2.05) is 36.4 Å². The normalized spacial score (nSPS) is 10.8. The molecule has 0 fully saturated rings. The average Bonchev–Trinajstić information content (AvgIpc) is 2.93. The molecule has 1 amide bonds. The van der Waals surface area contributed by atoms with Crippen molar-refractivity contribution in [3.63, 3.8) is 0 Å². The zero-order valence-electron chi connectivity index (χ0n) is 12.7. The molecule has 0 aliphatic carbocycles. The zero-order chi connectivity index (χ0) is 15.5. The molecule has 2 aromatic carbocycles. The molecular formula is C17H18N4O. The summed E-state index contributed by atoms with van der Waals surface area (Å²) in [5, 5.41) is 8.12. The molecule has 112 valence electrons. The van der Waals surface area contributed by atoms with E-state index in [1.54, 1.807) is 16.6 Å². The van der Waals surface area contributed by atoms with E-state index in [-0.39, 0.29) is 12.5 Å². The molecule has 22 heavy (non-hydrogen) atoms. The molecule has 0 saturated carbocycles. The minimum atomic E-state index is 0.0104. The summed E-state index contributed by atoms with van der Waals surface area (Å²) in [6.07, 6.45) is 0. The van der Waals surface area contributed by atoms with Gasteiger partial charge in [-0.3, -0.25) is 4.79 Å². The van der Waals surface area contributed by atoms with E-state index in [1.165, 1.54) is 5.56 Å². The number of likely N-dealkylation sites (N-methyl/N-ethyl adjacent to an activating group) is 1. The van der Waals surface area contributed by atoms with Crippen molar-refractivity contribution >= 4 is 16.9 Å². The van der Waals surface area contributed by atoms with Crippen molar-refractivity contribution in [3.8, 4) is 0 Å². The third-order valence-corrected chi connectivity index (χ3v) is 3.67. The second-order valence-electron chi connectivity index (χ2n) is 5.47. The van der Waals surface area contributed by atoms with Crippen molar-refractivity contribution in [1.82, 2.24) is 19.9 Å². The number of carbonyl (C=O) groups is 1. The predicted molar refractivity (Wildman–Crippen MR) is 85.2 cm³/mol. The van der Waals surface area contributed by atoms with Crippen molar-refractivity contribution in [2.45, 2.75) is 20.0 Å². The van der Waals surface area contributed by atoms with Gasteiger partial charge >= 0.3 is 0 Å². The number of benzene rings is 2. The van der Waals surface area contributed by atoms with Crippen molar-refractivity contribution in [2.24, 2.45) is 0 Å². The Hall–Kier alpha value is -2.69. The van der Waals surface area contributed by atoms with Crippen LogP contribution in [-0.4, -0.2) is 32.8 Å². The van der Waals surface area contributed by atoms with Crippen LogP contribution in [-0.2, 0) is 17.9 Å². The van der Waals surface area contributed by atoms with Crippen LogP contribution < -0.4 is 0 Å². The number of hydrogen-bond acceptors (Lipinski definition) is 3. The summed E-state index contributed by atoms with van der Waals surface area (Å²) in [6, 6.07) is 15.8. The molecule has 0 spiro atoms. The van der Waals surface area contributed by atoms with Crippen LogP contribution in [0.1, 0.15) is 11.1 Å². The molecule has 0 N–H and O–H groups in total. The maximum absolute atomic E-state index is 12.4. The number of hydrogen-bond donors (Lipinski definition) is 0. The maximum atomic E-state index is 12.4. The summed E-state index contributed by atoms with van der Waals surface area (Å²) >= 11 is 0. The van der Waals surface area contributed by atoms with Gasteiger partial charge < -0.3 is 4.90 Å². The van der Waals surface area contributed by atoms with Crippen LogP contribution in [0.2, 0.25) is 0 Å². The highest BCUT2D eigenvalue weighted by Crippen LogP contribution is 2.11. The van der Waals surface area contributed by atoms with Gasteiger partial charge in [0.2, 0.25) is 5.91 Å². The molecule has 5 nitrogen and oxygen atoms in total. The van der Waals surface area contributed by atoms with E-state index >= 15 is 0 Å². The molecule has 0 unspecified atom stereocenters. The summed E-state index contributed by atoms with van der Waals surface area (Å²) in [6.45, 7) is 2.84. The van der Waals surface area contributed by atoms with Crippen molar-refractivity contribution in [2.75, 3.05) is 7.05 Å². The number of fused-ring (bicyclic) bond motifs is 1. The smallest absolute Gasteiger partial charge is 0.244 e. The molecule has 0 saturated heterocycles. The summed E-state index contributed by atoms with van der Waals surface area (Å²) in [4.78, 5) is 14.1. The highest BCUT2D eigenvalue weighted by molar-refractivity contribution is 5.79. The van der Waals surface area contributed by atoms with Crippen molar-refractivity contribution in [3.05, 3.63) is 59.7 Å². The largest absolute Gasteiger partial charge is 0.340 e. The third-order valence-electron chi connectivity index (χ3n) is 3.67. The highest BCUT2D eigenvalue weighted by Gasteiger charge is 2.13. The molecule has 0 aliphatic heterocycles. The standard InChI is InChI=1S/C17H18N4O/c1-13-7-9-14(10-8-13)11-20(2)17(22)12-21-16-6-4-3-5-15(16)18-19-21/h3-10H,11-12H2,1-2H3. The Morgan fingerprint density at radius 3 is 2.64 bits per heavy atom. The third kappa shape index (κ3) is 2.98. The summed E-state index contributed by atoms with van der Waals surface area (Å²) < 4.78 is 1.64. The van der Waals surface area contributed by atoms with Gasteiger partial charge in [-0.25, -0.2) is 4.68 Å². The van der Waals surface area contributed by atoms with Gasteiger partial charge in [0.15, 0.2) is 0 Å². The minimum Gasteiger partial charge on any atom is -0.340 e. The van der Waals surface area contributed by atoms with Gasteiger partial charge in [0, 0.05) is 13.6 Å². The molecular weight excluding hydrogens is 276 g/mol. The fraction of sp³-hybridized carbons (Fsp3) is 0.235. The molecule has 5 heteroatoms. The fourth-order valence-corrected chi connectivity index (χ4v) is 2.34. The molecule has 3 aromatic rings. The first-order valence-corrected chi connectivity index (χ1v) is 7.21. The zero-order valence-corrected chi connectivity index (χ0v) is 12.7. The number of para-hydroxylation sites is 1. The van der Waals surface area contributed by atoms with E-state index in [0.29, 0.717) is 6.54 Å². The van der Waals surface area contributed by atoms with Gasteiger partial charge in [-0.1, -0.05) is 47.2 Å². The Balaban J connectivity index is 1.69. The number of aryl methyl sites for hydroxylation is 1. The topological polar surface area (TPSA) is 51.0 Å². The van der Waals surface area contributed by atoms with Crippen molar-refractivity contribution < 1.29 is 4.79 Å². The molecule has 0 atom stereocenters. The SMILES string of the molecule is Cc1ccc(CN(C)C(=O)Cn2nnc3ccccc32)cc1. The number of carbonyl (C=O) groups excluding carboxylic acids is 1. The van der Waals surface area contributed by atoms with Crippen LogP contribution in [0.15, 0.2) is 48.5 Å². The molecule has 0 radical (unpaired) electrons. The van der Waals surface area contributed by atoms with Gasteiger partial charge in [0.25, 0.3) is 0 Å². The quantitative estimate of drug-likeness (QED) is 0.742. The van der Waals surface area contributed by atoms with Crippen molar-refractivity contribution in [1.29, 1.82) is 0 Å². The van der Waals surface area contributed by atoms with Crippen LogP contribution in [0.25, 0.3) is 11.0 Å². The first-order valence-electron chi connectivity index (χ1n) is 7.21. The lowest BCUT2D eigenvalue weighted by atomic mass is 10.1. The monoisotopic (exact) mass is 294 g/mol. The van der Waals surface area contributed by atoms with Crippen LogP contribution in [0, 0.1) is 6.92 Å². The average molecular weight is 294 g/mol. The minimum absolute atomic E-state index is 0.0104. The summed E-state index contributed by atoms with van der Waals surface area (Å²) in [7, 11) is 1.81. The molecule has 1 aromatic heterocycles. The molecule has 3 rings (SSSR count). The Kier molecular flexibility index (Phi) is 3.87. The van der Waals surface area contributed by atoms with Crippen LogP contribution in [0.5, 0.6) is 0 Å². The Morgan fingerprint density at radius 1 is 1.14 bits per heavy atom. The molecule has 0 bridgehead atoms. The van der Waals surface area contributed by atoms with E-state index in [2.05, 4.69) is 29.4 Å². The first kappa shape index (κ1) is 14.3. The summed E-state index contributed by atoms with van der Waals surface area (Å²) in [5.74, 6) is 0.0104. The lowest BCUT2D eigenvalue weighted by Gasteiger charge is -2.17. The van der Waals surface area contributed by atoms with Crippen LogP contribution >= 0.6 is 0 Å². The van der Waals surface area contributed by atoms with Gasteiger partial charge in [-0.05, 0) is 24.6 Å². The van der Waals surface area contributed by atoms with Crippen LogP contribution in [0.3, 0.4) is 0 Å². The van der Waals surface area contributed by atoms with Gasteiger partial charge in [-0.2, -0.15) is 0 Å².